The SMILES string of the molecule is CC(=O)O[C@H]1CC[C@@]2(C)[C@H](CC[C@@H]3[C@@H]2CC[C@]2(C)[C@@H](C4=CC(=O)N(C)[C@@H]4O)[C@@H](OC(C)=O)C[C@]32O)C1. The van der Waals surface area contributed by atoms with E-state index in [1.165, 1.54) is 24.8 Å². The quantitative estimate of drug-likeness (QED) is 0.569. The second-order valence-electron chi connectivity index (χ2n) is 12.7. The lowest BCUT2D eigenvalue weighted by Gasteiger charge is -2.63. The lowest BCUT2D eigenvalue weighted by Crippen LogP contribution is -2.62. The largest absolute Gasteiger partial charge is 0.463 e. The summed E-state index contributed by atoms with van der Waals surface area (Å²) in [5, 5.41) is 23.5. The van der Waals surface area contributed by atoms with Gasteiger partial charge in [0.2, 0.25) is 5.91 Å². The van der Waals surface area contributed by atoms with E-state index in [1.807, 2.05) is 0 Å². The highest BCUT2D eigenvalue weighted by Crippen LogP contribution is 2.70. The van der Waals surface area contributed by atoms with Gasteiger partial charge in [-0.2, -0.15) is 0 Å². The minimum Gasteiger partial charge on any atom is -0.463 e. The number of amides is 1. The van der Waals surface area contributed by atoms with Gasteiger partial charge in [-0.1, -0.05) is 13.8 Å². The number of rotatable bonds is 3. The molecule has 200 valence electrons. The minimum absolute atomic E-state index is 0.0244. The van der Waals surface area contributed by atoms with E-state index in [0.717, 1.165) is 44.9 Å². The number of fused-ring (bicyclic) bond motifs is 5. The van der Waals surface area contributed by atoms with Crippen molar-refractivity contribution in [2.45, 2.75) is 103 Å². The fraction of sp³-hybridized carbons (Fsp3) is 0.821. The van der Waals surface area contributed by atoms with E-state index in [0.29, 0.717) is 23.8 Å². The molecule has 0 saturated heterocycles. The van der Waals surface area contributed by atoms with Gasteiger partial charge >= 0.3 is 11.9 Å². The Bertz CT molecular complexity index is 994. The van der Waals surface area contributed by atoms with Gasteiger partial charge in [0.05, 0.1) is 5.60 Å². The van der Waals surface area contributed by atoms with Crippen LogP contribution in [0, 0.1) is 34.5 Å². The van der Waals surface area contributed by atoms with Gasteiger partial charge in [0.1, 0.15) is 12.2 Å². The van der Waals surface area contributed by atoms with Gasteiger partial charge in [0.25, 0.3) is 0 Å². The Kier molecular flexibility index (Phi) is 6.11. The molecule has 0 aromatic carbocycles. The Morgan fingerprint density at radius 3 is 2.33 bits per heavy atom. The molecule has 2 N–H and O–H groups in total. The van der Waals surface area contributed by atoms with Crippen LogP contribution in [-0.4, -0.2) is 64.0 Å². The van der Waals surface area contributed by atoms with Gasteiger partial charge in [-0.25, -0.2) is 0 Å². The fourth-order valence-electron chi connectivity index (χ4n) is 9.36. The van der Waals surface area contributed by atoms with E-state index < -0.39 is 35.2 Å². The van der Waals surface area contributed by atoms with Crippen molar-refractivity contribution < 1.29 is 34.1 Å². The normalized spacial score (nSPS) is 48.0. The number of aliphatic hydroxyl groups is 2. The molecule has 0 bridgehead atoms. The number of carbonyl (C=O) groups excluding carboxylic acids is 3. The first-order valence-corrected chi connectivity index (χ1v) is 13.5. The van der Waals surface area contributed by atoms with E-state index in [4.69, 9.17) is 9.47 Å². The standard InChI is InChI=1S/C28H41NO7/c1-15(30)35-18-8-10-26(3)17(12-18)6-7-21-20(26)9-11-27(4)24(19-13-23(32)29(5)25(19)33)22(36-16(2)31)14-28(21,27)34/h13,17-18,20-22,24-25,33-34H,6-12,14H2,1-5H3/t17-,18+,20+,21-,22+,24+,25-,26+,27-,28+/m1/s1. The summed E-state index contributed by atoms with van der Waals surface area (Å²) < 4.78 is 11.4. The third kappa shape index (κ3) is 3.57. The Labute approximate surface area is 213 Å². The van der Waals surface area contributed by atoms with Crippen LogP contribution < -0.4 is 0 Å². The zero-order valence-electron chi connectivity index (χ0n) is 22.2. The van der Waals surface area contributed by atoms with E-state index in [-0.39, 0.29) is 29.3 Å². The fourth-order valence-corrected chi connectivity index (χ4v) is 9.36. The highest BCUT2D eigenvalue weighted by atomic mass is 16.5. The molecule has 5 rings (SSSR count). The van der Waals surface area contributed by atoms with Crippen LogP contribution in [0.5, 0.6) is 0 Å². The molecule has 4 aliphatic carbocycles. The maximum atomic E-state index is 12.6. The molecule has 1 amide bonds. The van der Waals surface area contributed by atoms with Crippen molar-refractivity contribution in [2.75, 3.05) is 7.05 Å². The predicted octanol–water partition coefficient (Wildman–Crippen LogP) is 2.95. The molecule has 0 aromatic rings. The van der Waals surface area contributed by atoms with Crippen LogP contribution in [-0.2, 0) is 23.9 Å². The maximum Gasteiger partial charge on any atom is 0.302 e. The zero-order chi connectivity index (χ0) is 26.2. The number of nitrogens with zero attached hydrogens (tertiary/aromatic N) is 1. The first kappa shape index (κ1) is 25.7. The van der Waals surface area contributed by atoms with Crippen molar-refractivity contribution in [1.82, 2.24) is 4.90 Å². The topological polar surface area (TPSA) is 113 Å². The highest BCUT2D eigenvalue weighted by molar-refractivity contribution is 5.91. The van der Waals surface area contributed by atoms with Crippen molar-refractivity contribution in [3.05, 3.63) is 11.6 Å². The molecule has 10 atom stereocenters. The Hall–Kier alpha value is -1.93. The number of hydrogen-bond donors (Lipinski definition) is 2. The van der Waals surface area contributed by atoms with Crippen molar-refractivity contribution in [2.24, 2.45) is 34.5 Å². The average Bonchev–Trinajstić information content (AvgIpc) is 3.16. The molecule has 5 aliphatic rings. The molecule has 4 fully saturated rings. The first-order chi connectivity index (χ1) is 16.8. The van der Waals surface area contributed by atoms with Gasteiger partial charge in [-0.05, 0) is 73.7 Å². The summed E-state index contributed by atoms with van der Waals surface area (Å²) in [6, 6.07) is 0. The summed E-state index contributed by atoms with van der Waals surface area (Å²) in [6.07, 6.45) is 6.26. The summed E-state index contributed by atoms with van der Waals surface area (Å²) in [6.45, 7) is 7.27. The lowest BCUT2D eigenvalue weighted by molar-refractivity contribution is -0.210. The third-order valence-electron chi connectivity index (χ3n) is 11.1. The van der Waals surface area contributed by atoms with E-state index in [2.05, 4.69) is 13.8 Å². The van der Waals surface area contributed by atoms with Crippen molar-refractivity contribution in [1.29, 1.82) is 0 Å². The van der Waals surface area contributed by atoms with Gasteiger partial charge in [0.15, 0.2) is 6.23 Å². The van der Waals surface area contributed by atoms with Crippen LogP contribution in [0.1, 0.15) is 79.1 Å². The summed E-state index contributed by atoms with van der Waals surface area (Å²) in [4.78, 5) is 37.4. The smallest absolute Gasteiger partial charge is 0.302 e. The molecule has 1 heterocycles. The second-order valence-corrected chi connectivity index (χ2v) is 12.7. The van der Waals surface area contributed by atoms with Gasteiger partial charge in [-0.15, -0.1) is 0 Å². The van der Waals surface area contributed by atoms with Gasteiger partial charge in [-0.3, -0.25) is 14.4 Å². The van der Waals surface area contributed by atoms with Crippen molar-refractivity contribution in [3.8, 4) is 0 Å². The molecule has 1 aliphatic heterocycles. The van der Waals surface area contributed by atoms with Crippen LogP contribution >= 0.6 is 0 Å². The number of esters is 2. The van der Waals surface area contributed by atoms with Crippen LogP contribution in [0.25, 0.3) is 0 Å². The van der Waals surface area contributed by atoms with E-state index in [9.17, 15) is 24.6 Å². The minimum atomic E-state index is -1.08. The molecule has 8 nitrogen and oxygen atoms in total. The second kappa shape index (κ2) is 8.55. The Morgan fingerprint density at radius 2 is 1.72 bits per heavy atom. The Morgan fingerprint density at radius 1 is 1.03 bits per heavy atom. The highest BCUT2D eigenvalue weighted by Gasteiger charge is 2.71. The van der Waals surface area contributed by atoms with Crippen LogP contribution in [0.4, 0.5) is 0 Å². The van der Waals surface area contributed by atoms with Crippen LogP contribution in [0.15, 0.2) is 11.6 Å². The number of ether oxygens (including phenoxy) is 2. The summed E-state index contributed by atoms with van der Waals surface area (Å²) in [5.74, 6) is -0.544. The number of carbonyl (C=O) groups is 3. The number of aliphatic hydroxyl groups excluding tert-OH is 1. The molecule has 0 spiro atoms. The average molecular weight is 504 g/mol. The van der Waals surface area contributed by atoms with E-state index >= 15 is 0 Å². The molecule has 0 radical (unpaired) electrons. The number of likely N-dealkylation sites (N-methyl/N-ethyl adjacent to an activating group) is 1. The molecule has 4 saturated carbocycles. The summed E-state index contributed by atoms with van der Waals surface area (Å²) in [5.41, 5.74) is -1.11. The summed E-state index contributed by atoms with van der Waals surface area (Å²) in [7, 11) is 1.56. The Balaban J connectivity index is 1.48. The molecular formula is C28H41NO7. The summed E-state index contributed by atoms with van der Waals surface area (Å²) >= 11 is 0. The van der Waals surface area contributed by atoms with Crippen molar-refractivity contribution >= 4 is 17.8 Å². The van der Waals surface area contributed by atoms with Gasteiger partial charge in [0, 0.05) is 44.7 Å². The molecule has 0 unspecified atom stereocenters. The number of hydrogen-bond acceptors (Lipinski definition) is 7. The van der Waals surface area contributed by atoms with Gasteiger partial charge < -0.3 is 24.6 Å². The molecule has 36 heavy (non-hydrogen) atoms. The third-order valence-corrected chi connectivity index (χ3v) is 11.1. The predicted molar refractivity (Wildman–Crippen MR) is 130 cm³/mol. The van der Waals surface area contributed by atoms with Crippen molar-refractivity contribution in [3.63, 3.8) is 0 Å². The molecule has 0 aromatic heterocycles. The molecule has 8 heteroatoms. The van der Waals surface area contributed by atoms with Crippen LogP contribution in [0.3, 0.4) is 0 Å². The lowest BCUT2D eigenvalue weighted by atomic mass is 9.43. The zero-order valence-corrected chi connectivity index (χ0v) is 22.2. The van der Waals surface area contributed by atoms with Crippen LogP contribution in [0.2, 0.25) is 0 Å². The molecular weight excluding hydrogens is 462 g/mol. The monoisotopic (exact) mass is 503 g/mol. The maximum absolute atomic E-state index is 12.6. The first-order valence-electron chi connectivity index (χ1n) is 13.5. The van der Waals surface area contributed by atoms with E-state index in [1.54, 1.807) is 7.05 Å².